The van der Waals surface area contributed by atoms with Crippen molar-refractivity contribution in [2.75, 3.05) is 6.61 Å². The SMILES string of the molecule is C=C(C)C(=O)OC(OCCCCC(F)(F)C(F)(F)S(=O)(=O)[O-])(C(=O)O)C(F)(F)F. The van der Waals surface area contributed by atoms with Crippen LogP contribution >= 0.6 is 0 Å². The number of alkyl halides is 7. The molecule has 170 valence electrons. The van der Waals surface area contributed by atoms with E-state index in [-0.39, 0.29) is 0 Å². The molecule has 0 rings (SSSR count). The molecular formula is C13H14F7O8S-. The zero-order valence-corrected chi connectivity index (χ0v) is 15.2. The molecule has 1 N–H and O–H groups in total. The highest BCUT2D eigenvalue weighted by Gasteiger charge is 2.67. The molecule has 0 saturated carbocycles. The second kappa shape index (κ2) is 8.83. The second-order valence-corrected chi connectivity index (χ2v) is 6.99. The molecule has 0 amide bonds. The van der Waals surface area contributed by atoms with Crippen LogP contribution in [0, 0.1) is 0 Å². The third kappa shape index (κ3) is 6.02. The van der Waals surface area contributed by atoms with Crippen molar-refractivity contribution in [1.82, 2.24) is 0 Å². The Hall–Kier alpha value is -1.94. The fraction of sp³-hybridized carbons (Fsp3) is 0.692. The molecule has 29 heavy (non-hydrogen) atoms. The van der Waals surface area contributed by atoms with E-state index in [2.05, 4.69) is 16.1 Å². The molecule has 0 aromatic heterocycles. The number of carboxylic acid groups (broad SMARTS) is 1. The van der Waals surface area contributed by atoms with Gasteiger partial charge in [0.1, 0.15) is 0 Å². The minimum absolute atomic E-state index is 0.635. The molecule has 0 radical (unpaired) electrons. The number of carbonyl (C=O) groups excluding carboxylic acids is 1. The molecule has 0 heterocycles. The second-order valence-electron chi connectivity index (χ2n) is 5.57. The van der Waals surface area contributed by atoms with Gasteiger partial charge in [-0.05, 0) is 19.8 Å². The number of esters is 1. The molecule has 0 aliphatic carbocycles. The smallest absolute Gasteiger partial charge is 0.468 e. The van der Waals surface area contributed by atoms with Gasteiger partial charge in [-0.1, -0.05) is 6.58 Å². The molecule has 0 fully saturated rings. The van der Waals surface area contributed by atoms with Crippen molar-refractivity contribution < 1.29 is 67.9 Å². The molecule has 0 aliphatic rings. The van der Waals surface area contributed by atoms with Crippen LogP contribution < -0.4 is 0 Å². The normalized spacial score (nSPS) is 15.5. The number of rotatable bonds is 11. The average molecular weight is 463 g/mol. The van der Waals surface area contributed by atoms with E-state index in [1.807, 2.05) is 0 Å². The fourth-order valence-corrected chi connectivity index (χ4v) is 2.07. The van der Waals surface area contributed by atoms with E-state index in [0.717, 1.165) is 6.92 Å². The number of hydrogen-bond donors (Lipinski definition) is 1. The summed E-state index contributed by atoms with van der Waals surface area (Å²) in [6.45, 7) is 2.50. The summed E-state index contributed by atoms with van der Waals surface area (Å²) in [6, 6.07) is 0. The third-order valence-electron chi connectivity index (χ3n) is 3.17. The van der Waals surface area contributed by atoms with Gasteiger partial charge in [-0.25, -0.2) is 18.0 Å². The Morgan fingerprint density at radius 3 is 1.90 bits per heavy atom. The van der Waals surface area contributed by atoms with Crippen molar-refractivity contribution in [3.8, 4) is 0 Å². The lowest BCUT2D eigenvalue weighted by atomic mass is 10.1. The third-order valence-corrected chi connectivity index (χ3v) is 4.10. The van der Waals surface area contributed by atoms with E-state index in [9.17, 15) is 53.3 Å². The summed E-state index contributed by atoms with van der Waals surface area (Å²) in [7, 11) is -6.74. The zero-order valence-electron chi connectivity index (χ0n) is 14.4. The first-order chi connectivity index (χ1) is 12.7. The highest BCUT2D eigenvalue weighted by atomic mass is 32.2. The first kappa shape index (κ1) is 27.1. The van der Waals surface area contributed by atoms with Gasteiger partial charge in [0.15, 0.2) is 10.1 Å². The van der Waals surface area contributed by atoms with E-state index in [1.165, 1.54) is 0 Å². The summed E-state index contributed by atoms with van der Waals surface area (Å²) in [6.07, 6.45) is -9.83. The molecule has 0 saturated heterocycles. The molecule has 0 aromatic rings. The van der Waals surface area contributed by atoms with Gasteiger partial charge in [0.2, 0.25) is 0 Å². The van der Waals surface area contributed by atoms with E-state index < -0.39 is 76.6 Å². The van der Waals surface area contributed by atoms with E-state index in [1.54, 1.807) is 0 Å². The fourth-order valence-electron chi connectivity index (χ4n) is 1.61. The maximum Gasteiger partial charge on any atom is 0.468 e. The highest BCUT2D eigenvalue weighted by molar-refractivity contribution is 7.86. The minimum atomic E-state index is -6.74. The Morgan fingerprint density at radius 1 is 1.07 bits per heavy atom. The van der Waals surface area contributed by atoms with Gasteiger partial charge >= 0.3 is 35.1 Å². The van der Waals surface area contributed by atoms with Crippen molar-refractivity contribution in [1.29, 1.82) is 0 Å². The maximum atomic E-state index is 13.2. The van der Waals surface area contributed by atoms with Gasteiger partial charge < -0.3 is 19.1 Å². The van der Waals surface area contributed by atoms with E-state index >= 15 is 0 Å². The number of halogens is 7. The zero-order chi connectivity index (χ0) is 23.5. The molecule has 1 atom stereocenters. The van der Waals surface area contributed by atoms with Crippen LogP contribution in [0.4, 0.5) is 30.7 Å². The number of ether oxygens (including phenoxy) is 2. The lowest BCUT2D eigenvalue weighted by Crippen LogP contribution is -2.57. The molecule has 16 heteroatoms. The van der Waals surface area contributed by atoms with Crippen LogP contribution in [0.15, 0.2) is 12.2 Å². The lowest BCUT2D eigenvalue weighted by Gasteiger charge is -2.31. The minimum Gasteiger partial charge on any atom is -0.743 e. The molecule has 8 nitrogen and oxygen atoms in total. The van der Waals surface area contributed by atoms with Crippen molar-refractivity contribution in [2.45, 2.75) is 49.3 Å². The highest BCUT2D eigenvalue weighted by Crippen LogP contribution is 2.42. The molecule has 0 spiro atoms. The van der Waals surface area contributed by atoms with Crippen LogP contribution in [0.1, 0.15) is 26.2 Å². The van der Waals surface area contributed by atoms with E-state index in [4.69, 9.17) is 5.11 Å². The van der Waals surface area contributed by atoms with Gasteiger partial charge in [0.05, 0.1) is 6.61 Å². The van der Waals surface area contributed by atoms with Gasteiger partial charge in [-0.3, -0.25) is 0 Å². The van der Waals surface area contributed by atoms with Crippen molar-refractivity contribution in [3.05, 3.63) is 12.2 Å². The Kier molecular flexibility index (Phi) is 8.24. The van der Waals surface area contributed by atoms with Crippen LogP contribution in [-0.4, -0.2) is 59.8 Å². The molecule has 0 bridgehead atoms. The van der Waals surface area contributed by atoms with Crippen LogP contribution in [-0.2, 0) is 29.2 Å². The van der Waals surface area contributed by atoms with Crippen LogP contribution in [0.2, 0.25) is 0 Å². The predicted molar refractivity (Wildman–Crippen MR) is 76.7 cm³/mol. The Balaban J connectivity index is 5.22. The van der Waals surface area contributed by atoms with Crippen molar-refractivity contribution in [3.63, 3.8) is 0 Å². The van der Waals surface area contributed by atoms with Crippen LogP contribution in [0.25, 0.3) is 0 Å². The van der Waals surface area contributed by atoms with Gasteiger partial charge in [-0.15, -0.1) is 0 Å². The predicted octanol–water partition coefficient (Wildman–Crippen LogP) is 2.41. The number of carbonyl (C=O) groups is 2. The summed E-state index contributed by atoms with van der Waals surface area (Å²) >= 11 is 0. The van der Waals surface area contributed by atoms with Crippen LogP contribution in [0.3, 0.4) is 0 Å². The Bertz CT molecular complexity index is 747. The summed E-state index contributed by atoms with van der Waals surface area (Å²) in [5, 5.41) is 2.82. The quantitative estimate of drug-likeness (QED) is 0.124. The van der Waals surface area contributed by atoms with Crippen LogP contribution in [0.5, 0.6) is 0 Å². The largest absolute Gasteiger partial charge is 0.743 e. The first-order valence-electron chi connectivity index (χ1n) is 7.27. The van der Waals surface area contributed by atoms with E-state index in [0.29, 0.717) is 0 Å². The Labute approximate surface area is 159 Å². The number of carboxylic acids is 1. The number of aliphatic carboxylic acids is 1. The topological polar surface area (TPSA) is 130 Å². The van der Waals surface area contributed by atoms with Gasteiger partial charge in [-0.2, -0.15) is 30.7 Å². The van der Waals surface area contributed by atoms with Crippen molar-refractivity contribution in [2.24, 2.45) is 0 Å². The molecule has 1 unspecified atom stereocenters. The Morgan fingerprint density at radius 2 is 1.55 bits per heavy atom. The number of unbranched alkanes of at least 4 members (excludes halogenated alkanes) is 1. The van der Waals surface area contributed by atoms with Crippen molar-refractivity contribution >= 4 is 22.1 Å². The maximum absolute atomic E-state index is 13.2. The summed E-state index contributed by atoms with van der Waals surface area (Å²) in [5.74, 6) is -14.5. The average Bonchev–Trinajstić information content (AvgIpc) is 2.50. The standard InChI is InChI=1S/C13H15F7O8S/c1-7(2)8(21)28-11(9(22)23,12(16,17)18)27-6-4-3-5-10(14,15)13(19,20)29(24,25)26/h1,3-6H2,2H3,(H,22,23)(H,24,25,26)/p-1. The van der Waals surface area contributed by atoms with Gasteiger partial charge in [0, 0.05) is 12.0 Å². The number of hydrogen-bond acceptors (Lipinski definition) is 7. The summed E-state index contributed by atoms with van der Waals surface area (Å²) < 4.78 is 130. The summed E-state index contributed by atoms with van der Waals surface area (Å²) in [5.41, 5.74) is -0.635. The molecular weight excluding hydrogens is 449 g/mol. The van der Waals surface area contributed by atoms with Gasteiger partial charge in [0.25, 0.3) is 0 Å². The first-order valence-corrected chi connectivity index (χ1v) is 8.68. The molecule has 0 aromatic carbocycles. The lowest BCUT2D eigenvalue weighted by molar-refractivity contribution is -0.353. The monoisotopic (exact) mass is 463 g/mol. The molecule has 0 aliphatic heterocycles. The summed E-state index contributed by atoms with van der Waals surface area (Å²) in [4.78, 5) is 22.3.